The maximum atomic E-state index is 13.0. The summed E-state index contributed by atoms with van der Waals surface area (Å²) in [6, 6.07) is 4.78. The first-order valence-corrected chi connectivity index (χ1v) is 10.2. The molecule has 2 aliphatic rings. The van der Waals surface area contributed by atoms with Gasteiger partial charge in [0.1, 0.15) is 6.04 Å². The number of halogens is 3. The van der Waals surface area contributed by atoms with Gasteiger partial charge in [0.15, 0.2) is 0 Å². The summed E-state index contributed by atoms with van der Waals surface area (Å²) >= 11 is 0. The van der Waals surface area contributed by atoms with E-state index in [4.69, 9.17) is 0 Å². The maximum absolute atomic E-state index is 13.0. The smallest absolute Gasteiger partial charge is 0.344 e. The molecule has 1 aliphatic heterocycles. The molecule has 8 heteroatoms. The lowest BCUT2D eigenvalue weighted by molar-refractivity contribution is -0.139. The minimum Gasteiger partial charge on any atom is -0.344 e. The highest BCUT2D eigenvalue weighted by Crippen LogP contribution is 2.30. The summed E-state index contributed by atoms with van der Waals surface area (Å²) in [5, 5.41) is 2.85. The molecule has 0 spiro atoms. The van der Waals surface area contributed by atoms with Gasteiger partial charge < -0.3 is 10.2 Å². The Morgan fingerprint density at radius 1 is 1.07 bits per heavy atom. The van der Waals surface area contributed by atoms with E-state index in [-0.39, 0.29) is 17.7 Å². The molecular weight excluding hydrogens is 383 g/mol. The van der Waals surface area contributed by atoms with Crippen LogP contribution >= 0.6 is 0 Å². The number of amides is 2. The van der Waals surface area contributed by atoms with Crippen molar-refractivity contribution in [3.05, 3.63) is 35.4 Å². The van der Waals surface area contributed by atoms with Gasteiger partial charge in [-0.1, -0.05) is 25.0 Å². The van der Waals surface area contributed by atoms with Gasteiger partial charge in [-0.15, -0.1) is 0 Å². The first-order valence-electron chi connectivity index (χ1n) is 10.2. The molecule has 2 fully saturated rings. The molecule has 1 saturated carbocycles. The zero-order valence-electron chi connectivity index (χ0n) is 16.7. The Morgan fingerprint density at radius 3 is 2.17 bits per heavy atom. The van der Waals surface area contributed by atoms with E-state index in [9.17, 15) is 22.8 Å². The van der Waals surface area contributed by atoms with Crippen molar-refractivity contribution in [3.8, 4) is 0 Å². The van der Waals surface area contributed by atoms with Crippen molar-refractivity contribution in [1.29, 1.82) is 0 Å². The van der Waals surface area contributed by atoms with Crippen LogP contribution in [0.3, 0.4) is 0 Å². The van der Waals surface area contributed by atoms with Crippen LogP contribution in [0.25, 0.3) is 0 Å². The Balaban J connectivity index is 1.53. The van der Waals surface area contributed by atoms with E-state index in [1.165, 1.54) is 19.1 Å². The van der Waals surface area contributed by atoms with Crippen molar-refractivity contribution in [2.24, 2.45) is 5.92 Å². The first kappa shape index (κ1) is 21.6. The second-order valence-corrected chi connectivity index (χ2v) is 8.02. The van der Waals surface area contributed by atoms with Crippen molar-refractivity contribution in [2.75, 3.05) is 26.2 Å². The highest BCUT2D eigenvalue weighted by atomic mass is 19.4. The highest BCUT2D eigenvalue weighted by molar-refractivity contribution is 5.87. The molecule has 1 aromatic rings. The summed E-state index contributed by atoms with van der Waals surface area (Å²) in [5.41, 5.74) is 0.174. The molecule has 0 radical (unpaired) electrons. The van der Waals surface area contributed by atoms with Gasteiger partial charge in [-0.05, 0) is 36.5 Å². The fourth-order valence-corrected chi connectivity index (χ4v) is 4.27. The Kier molecular flexibility index (Phi) is 6.82. The van der Waals surface area contributed by atoms with Gasteiger partial charge in [-0.25, -0.2) is 0 Å². The van der Waals surface area contributed by atoms with E-state index in [0.717, 1.165) is 43.4 Å². The van der Waals surface area contributed by atoms with E-state index in [2.05, 4.69) is 10.2 Å². The lowest BCUT2D eigenvalue weighted by atomic mass is 9.96. The lowest BCUT2D eigenvalue weighted by Crippen LogP contribution is -2.56. The number of carbonyl (C=O) groups is 2. The molecule has 0 bridgehead atoms. The number of benzene rings is 1. The Labute approximate surface area is 169 Å². The fourth-order valence-electron chi connectivity index (χ4n) is 4.27. The van der Waals surface area contributed by atoms with E-state index in [1.54, 1.807) is 0 Å². The second kappa shape index (κ2) is 9.15. The number of carbonyl (C=O) groups excluding carboxylic acids is 2. The number of alkyl halides is 3. The van der Waals surface area contributed by atoms with Crippen LogP contribution in [0, 0.1) is 5.92 Å². The molecule has 1 heterocycles. The van der Waals surface area contributed by atoms with Crippen LogP contribution in [-0.2, 0) is 22.3 Å². The molecule has 1 N–H and O–H groups in total. The van der Waals surface area contributed by atoms with Crippen LogP contribution in [0.15, 0.2) is 24.3 Å². The number of rotatable bonds is 5. The summed E-state index contributed by atoms with van der Waals surface area (Å²) in [5.74, 6) is 0.00838. The van der Waals surface area contributed by atoms with Crippen LogP contribution in [0.1, 0.15) is 43.7 Å². The zero-order chi connectivity index (χ0) is 21.0. The average molecular weight is 411 g/mol. The zero-order valence-corrected chi connectivity index (χ0v) is 16.7. The number of nitrogens with one attached hydrogen (secondary N) is 1. The monoisotopic (exact) mass is 411 g/mol. The Hall–Kier alpha value is -2.09. The Morgan fingerprint density at radius 2 is 1.66 bits per heavy atom. The number of hydrogen-bond acceptors (Lipinski definition) is 3. The van der Waals surface area contributed by atoms with E-state index in [0.29, 0.717) is 32.7 Å². The molecule has 1 atom stereocenters. The van der Waals surface area contributed by atoms with Gasteiger partial charge in [0.05, 0.1) is 5.56 Å². The summed E-state index contributed by atoms with van der Waals surface area (Å²) in [6.07, 6.45) is -0.215. The molecule has 0 aromatic heterocycles. The summed E-state index contributed by atoms with van der Waals surface area (Å²) in [4.78, 5) is 28.5. The summed E-state index contributed by atoms with van der Waals surface area (Å²) < 4.78 is 38.0. The topological polar surface area (TPSA) is 52.7 Å². The molecule has 1 aliphatic carbocycles. The summed E-state index contributed by atoms with van der Waals surface area (Å²) in [7, 11) is 0. The highest BCUT2D eigenvalue weighted by Gasteiger charge is 2.35. The lowest BCUT2D eigenvalue weighted by Gasteiger charge is -2.37. The van der Waals surface area contributed by atoms with Gasteiger partial charge in [0.2, 0.25) is 11.8 Å². The summed E-state index contributed by atoms with van der Waals surface area (Å²) in [6.45, 7) is 4.42. The predicted molar refractivity (Wildman–Crippen MR) is 103 cm³/mol. The second-order valence-electron chi connectivity index (χ2n) is 8.02. The average Bonchev–Trinajstić information content (AvgIpc) is 3.20. The molecule has 5 nitrogen and oxygen atoms in total. The molecule has 160 valence electrons. The SMILES string of the molecule is CC(=O)NC(C(=O)N1CCN(Cc2ccc(C(F)(F)F)cc2)CC1)C1CCCC1. The van der Waals surface area contributed by atoms with Gasteiger partial charge in [0.25, 0.3) is 0 Å². The van der Waals surface area contributed by atoms with Crippen molar-refractivity contribution in [2.45, 2.75) is 51.4 Å². The maximum Gasteiger partial charge on any atom is 0.416 e. The van der Waals surface area contributed by atoms with Crippen molar-refractivity contribution in [1.82, 2.24) is 15.1 Å². The number of hydrogen-bond donors (Lipinski definition) is 1. The van der Waals surface area contributed by atoms with Gasteiger partial charge in [-0.3, -0.25) is 14.5 Å². The quantitative estimate of drug-likeness (QED) is 0.810. The fraction of sp³-hybridized carbons (Fsp3) is 0.619. The Bertz CT molecular complexity index is 707. The van der Waals surface area contributed by atoms with Crippen LogP contribution in [-0.4, -0.2) is 53.8 Å². The molecule has 29 heavy (non-hydrogen) atoms. The van der Waals surface area contributed by atoms with E-state index in [1.807, 2.05) is 4.90 Å². The normalized spacial score (nSPS) is 19.9. The molecule has 3 rings (SSSR count). The number of piperazine rings is 1. The predicted octanol–water partition coefficient (Wildman–Crippen LogP) is 3.04. The minimum absolute atomic E-state index is 0.0127. The molecule has 1 saturated heterocycles. The van der Waals surface area contributed by atoms with Crippen molar-refractivity contribution >= 4 is 11.8 Å². The minimum atomic E-state index is -4.33. The number of nitrogens with zero attached hydrogens (tertiary/aromatic N) is 2. The van der Waals surface area contributed by atoms with Crippen LogP contribution in [0.4, 0.5) is 13.2 Å². The first-order chi connectivity index (χ1) is 13.7. The molecule has 1 unspecified atom stereocenters. The van der Waals surface area contributed by atoms with Crippen molar-refractivity contribution in [3.63, 3.8) is 0 Å². The van der Waals surface area contributed by atoms with Gasteiger partial charge >= 0.3 is 6.18 Å². The molecular formula is C21H28F3N3O2. The van der Waals surface area contributed by atoms with Gasteiger partial charge in [0, 0.05) is 39.6 Å². The van der Waals surface area contributed by atoms with Crippen LogP contribution < -0.4 is 5.32 Å². The van der Waals surface area contributed by atoms with E-state index < -0.39 is 17.8 Å². The molecule has 1 aromatic carbocycles. The third kappa shape index (κ3) is 5.72. The van der Waals surface area contributed by atoms with Gasteiger partial charge in [-0.2, -0.15) is 13.2 Å². The standard InChI is InChI=1S/C21H28F3N3O2/c1-15(28)25-19(17-4-2-3-5-17)20(29)27-12-10-26(11-13-27)14-16-6-8-18(9-7-16)21(22,23)24/h6-9,17,19H,2-5,10-14H2,1H3,(H,25,28). The van der Waals surface area contributed by atoms with E-state index >= 15 is 0 Å². The largest absolute Gasteiger partial charge is 0.416 e. The van der Waals surface area contributed by atoms with Crippen LogP contribution in [0.5, 0.6) is 0 Å². The van der Waals surface area contributed by atoms with Crippen LogP contribution in [0.2, 0.25) is 0 Å². The van der Waals surface area contributed by atoms with Crippen molar-refractivity contribution < 1.29 is 22.8 Å². The third-order valence-corrected chi connectivity index (χ3v) is 5.87. The third-order valence-electron chi connectivity index (χ3n) is 5.87. The molecule has 2 amide bonds.